The molecular formula is C40H25N5. The highest BCUT2D eigenvalue weighted by molar-refractivity contribution is 6.10. The highest BCUT2D eigenvalue weighted by Crippen LogP contribution is 2.35. The molecule has 210 valence electrons. The maximum atomic E-state index is 5.08. The monoisotopic (exact) mass is 575 g/mol. The molecule has 45 heavy (non-hydrogen) atoms. The topological polar surface area (TPSA) is 56.5 Å². The molecule has 0 unspecified atom stereocenters. The van der Waals surface area contributed by atoms with Gasteiger partial charge >= 0.3 is 0 Å². The second kappa shape index (κ2) is 10.2. The van der Waals surface area contributed by atoms with Crippen molar-refractivity contribution in [1.82, 2.24) is 24.5 Å². The van der Waals surface area contributed by atoms with Gasteiger partial charge in [0, 0.05) is 44.6 Å². The van der Waals surface area contributed by atoms with E-state index in [2.05, 4.69) is 125 Å². The molecule has 3 heterocycles. The van der Waals surface area contributed by atoms with Gasteiger partial charge in [-0.15, -0.1) is 0 Å². The fourth-order valence-corrected chi connectivity index (χ4v) is 6.41. The summed E-state index contributed by atoms with van der Waals surface area (Å²) in [4.78, 5) is 19.9. The summed E-state index contributed by atoms with van der Waals surface area (Å²) >= 11 is 0. The van der Waals surface area contributed by atoms with Crippen molar-refractivity contribution in [2.75, 3.05) is 0 Å². The molecule has 0 aliphatic rings. The molecule has 0 atom stereocenters. The lowest BCUT2D eigenvalue weighted by molar-refractivity contribution is 1.10. The fraction of sp³-hybridized carbons (Fsp3) is 0. The van der Waals surface area contributed by atoms with Crippen LogP contribution in [0.5, 0.6) is 0 Å². The number of aromatic nitrogens is 5. The third-order valence-electron chi connectivity index (χ3n) is 8.47. The Morgan fingerprint density at radius 3 is 1.93 bits per heavy atom. The van der Waals surface area contributed by atoms with Crippen LogP contribution in [-0.4, -0.2) is 24.5 Å². The lowest BCUT2D eigenvalue weighted by Crippen LogP contribution is -2.00. The van der Waals surface area contributed by atoms with E-state index in [-0.39, 0.29) is 0 Å². The third-order valence-corrected chi connectivity index (χ3v) is 8.47. The van der Waals surface area contributed by atoms with Crippen LogP contribution in [0.15, 0.2) is 152 Å². The number of hydrogen-bond donors (Lipinski definition) is 0. The maximum absolute atomic E-state index is 5.08. The van der Waals surface area contributed by atoms with Crippen LogP contribution in [0, 0.1) is 0 Å². The summed E-state index contributed by atoms with van der Waals surface area (Å²) in [5, 5.41) is 5.67. The van der Waals surface area contributed by atoms with Crippen molar-refractivity contribution in [2.24, 2.45) is 0 Å². The Bertz CT molecular complexity index is 2500. The van der Waals surface area contributed by atoms with Crippen molar-refractivity contribution < 1.29 is 0 Å². The average Bonchev–Trinajstić information content (AvgIpc) is 3.46. The van der Waals surface area contributed by atoms with Crippen molar-refractivity contribution in [3.63, 3.8) is 0 Å². The number of nitrogens with zero attached hydrogens (tertiary/aromatic N) is 5. The van der Waals surface area contributed by atoms with Crippen molar-refractivity contribution >= 4 is 43.5 Å². The Kier molecular flexibility index (Phi) is 5.74. The van der Waals surface area contributed by atoms with Crippen LogP contribution in [0.4, 0.5) is 0 Å². The van der Waals surface area contributed by atoms with E-state index < -0.39 is 0 Å². The van der Waals surface area contributed by atoms with Gasteiger partial charge in [0.05, 0.1) is 27.9 Å². The molecule has 9 rings (SSSR count). The summed E-state index contributed by atoms with van der Waals surface area (Å²) in [5.41, 5.74) is 8.00. The molecule has 0 aliphatic heterocycles. The second-order valence-corrected chi connectivity index (χ2v) is 11.1. The molecule has 0 radical (unpaired) electrons. The van der Waals surface area contributed by atoms with E-state index in [0.717, 1.165) is 49.9 Å². The van der Waals surface area contributed by atoms with Crippen molar-refractivity contribution in [1.29, 1.82) is 0 Å². The summed E-state index contributed by atoms with van der Waals surface area (Å²) in [6.07, 6.45) is 1.80. The maximum Gasteiger partial charge on any atom is 0.198 e. The number of hydrogen-bond acceptors (Lipinski definition) is 4. The zero-order chi connectivity index (χ0) is 29.7. The van der Waals surface area contributed by atoms with E-state index >= 15 is 0 Å². The molecule has 0 saturated carbocycles. The Hall–Kier alpha value is -6.20. The minimum atomic E-state index is 0.488. The normalized spacial score (nSPS) is 11.6. The zero-order valence-electron chi connectivity index (χ0n) is 24.2. The Morgan fingerprint density at radius 1 is 0.444 bits per heavy atom. The molecule has 9 aromatic rings. The number of para-hydroxylation sites is 2. The van der Waals surface area contributed by atoms with Gasteiger partial charge in [0.15, 0.2) is 11.6 Å². The van der Waals surface area contributed by atoms with Gasteiger partial charge < -0.3 is 4.57 Å². The molecule has 3 aromatic heterocycles. The van der Waals surface area contributed by atoms with E-state index in [0.29, 0.717) is 11.6 Å². The highest BCUT2D eigenvalue weighted by Gasteiger charge is 2.17. The first-order valence-corrected chi connectivity index (χ1v) is 15.0. The van der Waals surface area contributed by atoms with Gasteiger partial charge in [-0.05, 0) is 41.8 Å². The van der Waals surface area contributed by atoms with Gasteiger partial charge in [0.2, 0.25) is 0 Å². The number of rotatable bonds is 4. The molecule has 0 bridgehead atoms. The minimum Gasteiger partial charge on any atom is -0.309 e. The number of fused-ring (bicyclic) bond motifs is 6. The van der Waals surface area contributed by atoms with Gasteiger partial charge in [-0.25, -0.2) is 19.9 Å². The van der Waals surface area contributed by atoms with E-state index in [4.69, 9.17) is 15.0 Å². The van der Waals surface area contributed by atoms with Crippen LogP contribution in [0.3, 0.4) is 0 Å². The first kappa shape index (κ1) is 25.3. The zero-order valence-corrected chi connectivity index (χ0v) is 24.2. The largest absolute Gasteiger partial charge is 0.309 e. The van der Waals surface area contributed by atoms with Crippen LogP contribution in [0.25, 0.3) is 83.3 Å². The summed E-state index contributed by atoms with van der Waals surface area (Å²) in [5.74, 6) is 0.986. The molecule has 6 aromatic carbocycles. The van der Waals surface area contributed by atoms with Crippen LogP contribution in [-0.2, 0) is 0 Å². The molecule has 0 N–H and O–H groups in total. The lowest BCUT2D eigenvalue weighted by Gasteiger charge is -2.12. The van der Waals surface area contributed by atoms with Crippen LogP contribution in [0.1, 0.15) is 0 Å². The summed E-state index contributed by atoms with van der Waals surface area (Å²) in [6.45, 7) is 0. The molecule has 0 spiro atoms. The highest BCUT2D eigenvalue weighted by atomic mass is 15.0. The van der Waals surface area contributed by atoms with Gasteiger partial charge in [-0.2, -0.15) is 0 Å². The summed E-state index contributed by atoms with van der Waals surface area (Å²) in [7, 11) is 0. The van der Waals surface area contributed by atoms with Gasteiger partial charge in [-0.3, -0.25) is 0 Å². The molecule has 0 fully saturated rings. The predicted molar refractivity (Wildman–Crippen MR) is 183 cm³/mol. The van der Waals surface area contributed by atoms with Crippen molar-refractivity contribution in [2.45, 2.75) is 0 Å². The fourth-order valence-electron chi connectivity index (χ4n) is 6.41. The van der Waals surface area contributed by atoms with E-state index in [1.54, 1.807) is 6.20 Å². The average molecular weight is 576 g/mol. The summed E-state index contributed by atoms with van der Waals surface area (Å²) < 4.78 is 2.32. The van der Waals surface area contributed by atoms with Gasteiger partial charge in [0.1, 0.15) is 0 Å². The van der Waals surface area contributed by atoms with Crippen LogP contribution in [0.2, 0.25) is 0 Å². The molecule has 0 saturated heterocycles. The second-order valence-electron chi connectivity index (χ2n) is 11.1. The van der Waals surface area contributed by atoms with Gasteiger partial charge in [-0.1, -0.05) is 109 Å². The molecule has 0 amide bonds. The summed E-state index contributed by atoms with van der Waals surface area (Å²) in [6, 6.07) is 50.4. The first-order valence-electron chi connectivity index (χ1n) is 15.0. The van der Waals surface area contributed by atoms with Crippen molar-refractivity contribution in [3.8, 4) is 39.9 Å². The Labute approximate surface area is 259 Å². The van der Waals surface area contributed by atoms with E-state index in [9.17, 15) is 0 Å². The van der Waals surface area contributed by atoms with Crippen LogP contribution < -0.4 is 0 Å². The minimum absolute atomic E-state index is 0.488. The van der Waals surface area contributed by atoms with E-state index in [1.165, 1.54) is 21.8 Å². The van der Waals surface area contributed by atoms with Gasteiger partial charge in [0.25, 0.3) is 0 Å². The lowest BCUT2D eigenvalue weighted by atomic mass is 10.0. The molecule has 0 aliphatic carbocycles. The Balaban J connectivity index is 1.21. The van der Waals surface area contributed by atoms with Crippen LogP contribution >= 0.6 is 0 Å². The first-order chi connectivity index (χ1) is 22.3. The molecule has 5 nitrogen and oxygen atoms in total. The standard InChI is InChI=1S/C40H25N5/c1-2-12-27(13-3-1)37-33-22-21-26-11-4-5-16-30(26)38(33)44-40(43-37)39-41-24-23-34(42-39)28-14-10-15-29(25-28)45-35-19-8-6-17-31(35)32-18-7-9-20-36(32)45/h1-25H. The Morgan fingerprint density at radius 2 is 1.13 bits per heavy atom. The molecular weight excluding hydrogens is 550 g/mol. The smallest absolute Gasteiger partial charge is 0.198 e. The molecule has 5 heteroatoms. The SMILES string of the molecule is c1ccc(-c2nc(-c3nccc(-c4cccc(-n5c6ccccc6c6ccccc65)c4)n3)nc3c2ccc2ccccc23)cc1. The predicted octanol–water partition coefficient (Wildman–Crippen LogP) is 9.67. The quantitative estimate of drug-likeness (QED) is 0.196. The van der Waals surface area contributed by atoms with Crippen molar-refractivity contribution in [3.05, 3.63) is 152 Å². The number of benzene rings is 6. The third kappa shape index (κ3) is 4.17. The van der Waals surface area contributed by atoms with E-state index in [1.807, 2.05) is 30.3 Å².